The Kier molecular flexibility index (Phi) is 4.26. The quantitative estimate of drug-likeness (QED) is 0.511. The molecular weight excluding hydrogens is 342 g/mol. The van der Waals surface area contributed by atoms with Gasteiger partial charge in [-0.3, -0.25) is 10.1 Å². The first kappa shape index (κ1) is 16.1. The van der Waals surface area contributed by atoms with Gasteiger partial charge >= 0.3 is 5.69 Å². The SMILES string of the molecule is COc1cc(F)c([N+](=O)[O-])cc1OCc1c(F)ccc2ncsc12. The lowest BCUT2D eigenvalue weighted by atomic mass is 10.2. The molecule has 0 spiro atoms. The summed E-state index contributed by atoms with van der Waals surface area (Å²) in [5.41, 5.74) is 1.72. The number of benzene rings is 2. The maximum Gasteiger partial charge on any atom is 0.308 e. The number of methoxy groups -OCH3 is 1. The van der Waals surface area contributed by atoms with Crippen LogP contribution in [0.15, 0.2) is 29.8 Å². The van der Waals surface area contributed by atoms with Crippen molar-refractivity contribution in [2.45, 2.75) is 6.61 Å². The molecule has 1 aromatic heterocycles. The second kappa shape index (κ2) is 6.36. The lowest BCUT2D eigenvalue weighted by molar-refractivity contribution is -0.387. The van der Waals surface area contributed by atoms with Gasteiger partial charge in [-0.25, -0.2) is 9.37 Å². The van der Waals surface area contributed by atoms with Gasteiger partial charge in [-0.05, 0) is 12.1 Å². The predicted octanol–water partition coefficient (Wildman–Crippen LogP) is 4.07. The highest BCUT2D eigenvalue weighted by atomic mass is 32.1. The number of hydrogen-bond acceptors (Lipinski definition) is 6. The Hall–Kier alpha value is -2.81. The van der Waals surface area contributed by atoms with E-state index in [2.05, 4.69) is 4.98 Å². The molecule has 9 heteroatoms. The predicted molar refractivity (Wildman–Crippen MR) is 83.5 cm³/mol. The van der Waals surface area contributed by atoms with Gasteiger partial charge in [0.2, 0.25) is 5.82 Å². The average Bonchev–Trinajstić information content (AvgIpc) is 3.02. The van der Waals surface area contributed by atoms with Crippen molar-refractivity contribution in [2.75, 3.05) is 7.11 Å². The van der Waals surface area contributed by atoms with Crippen LogP contribution in [0.1, 0.15) is 5.56 Å². The Labute approximate surface area is 138 Å². The minimum Gasteiger partial charge on any atom is -0.493 e. The monoisotopic (exact) mass is 352 g/mol. The Morgan fingerprint density at radius 2 is 2.04 bits per heavy atom. The molecule has 0 aliphatic carbocycles. The van der Waals surface area contributed by atoms with E-state index in [-0.39, 0.29) is 23.7 Å². The van der Waals surface area contributed by atoms with E-state index in [0.717, 1.165) is 12.1 Å². The number of nitro groups is 1. The standard InChI is InChI=1S/C15H10F2N2O4S/c1-22-13-4-10(17)12(19(20)21)5-14(13)23-6-8-9(16)2-3-11-15(8)24-7-18-11/h2-5,7H,6H2,1H3. The molecule has 0 fully saturated rings. The molecule has 24 heavy (non-hydrogen) atoms. The van der Waals surface area contributed by atoms with Gasteiger partial charge in [-0.1, -0.05) is 0 Å². The molecule has 0 amide bonds. The van der Waals surface area contributed by atoms with E-state index < -0.39 is 22.2 Å². The van der Waals surface area contributed by atoms with Gasteiger partial charge < -0.3 is 9.47 Å². The number of nitrogens with zero attached hydrogens (tertiary/aromatic N) is 2. The van der Waals surface area contributed by atoms with E-state index in [1.54, 1.807) is 11.6 Å². The van der Waals surface area contributed by atoms with Crippen molar-refractivity contribution in [1.82, 2.24) is 4.98 Å². The fourth-order valence-electron chi connectivity index (χ4n) is 2.18. The first-order valence-electron chi connectivity index (χ1n) is 6.66. The molecule has 0 aliphatic rings. The summed E-state index contributed by atoms with van der Waals surface area (Å²) in [6.45, 7) is -0.204. The molecule has 0 unspecified atom stereocenters. The smallest absolute Gasteiger partial charge is 0.308 e. The largest absolute Gasteiger partial charge is 0.493 e. The lowest BCUT2D eigenvalue weighted by Crippen LogP contribution is -2.02. The zero-order valence-electron chi connectivity index (χ0n) is 12.3. The molecule has 3 rings (SSSR count). The van der Waals surface area contributed by atoms with Gasteiger partial charge in [-0.2, -0.15) is 4.39 Å². The summed E-state index contributed by atoms with van der Waals surface area (Å²) in [5, 5.41) is 10.8. The van der Waals surface area contributed by atoms with Crippen LogP contribution in [0.25, 0.3) is 10.2 Å². The lowest BCUT2D eigenvalue weighted by Gasteiger charge is -2.11. The molecule has 0 atom stereocenters. The first-order valence-corrected chi connectivity index (χ1v) is 7.54. The molecule has 3 aromatic rings. The second-order valence-corrected chi connectivity index (χ2v) is 5.58. The summed E-state index contributed by atoms with van der Waals surface area (Å²) in [7, 11) is 1.28. The van der Waals surface area contributed by atoms with Gasteiger partial charge in [0.25, 0.3) is 0 Å². The molecule has 0 saturated heterocycles. The Bertz CT molecular complexity index is 929. The number of rotatable bonds is 5. The molecule has 2 aromatic carbocycles. The molecular formula is C15H10F2N2O4S. The van der Waals surface area contributed by atoms with E-state index in [9.17, 15) is 18.9 Å². The van der Waals surface area contributed by atoms with Gasteiger partial charge in [0.1, 0.15) is 12.4 Å². The molecule has 0 saturated carbocycles. The summed E-state index contributed by atoms with van der Waals surface area (Å²) in [4.78, 5) is 14.1. The van der Waals surface area contributed by atoms with Crippen LogP contribution in [0.3, 0.4) is 0 Å². The van der Waals surface area contributed by atoms with Gasteiger partial charge in [0.15, 0.2) is 11.5 Å². The average molecular weight is 352 g/mol. The third kappa shape index (κ3) is 2.85. The number of aromatic nitrogens is 1. The van der Waals surface area contributed by atoms with Gasteiger partial charge in [0, 0.05) is 11.6 Å². The van der Waals surface area contributed by atoms with E-state index >= 15 is 0 Å². The normalized spacial score (nSPS) is 10.8. The Morgan fingerprint density at radius 3 is 2.75 bits per heavy atom. The fourth-order valence-corrected chi connectivity index (χ4v) is 2.99. The molecule has 124 valence electrons. The number of halogens is 2. The maximum absolute atomic E-state index is 14.1. The van der Waals surface area contributed by atoms with Crippen molar-refractivity contribution in [2.24, 2.45) is 0 Å². The highest BCUT2D eigenvalue weighted by Gasteiger charge is 2.20. The Balaban J connectivity index is 1.96. The third-order valence-corrected chi connectivity index (χ3v) is 4.25. The van der Waals surface area contributed by atoms with E-state index in [0.29, 0.717) is 10.2 Å². The van der Waals surface area contributed by atoms with Crippen LogP contribution in [-0.2, 0) is 6.61 Å². The van der Waals surface area contributed by atoms with Crippen molar-refractivity contribution < 1.29 is 23.2 Å². The molecule has 6 nitrogen and oxygen atoms in total. The summed E-state index contributed by atoms with van der Waals surface area (Å²) in [5.74, 6) is -1.59. The van der Waals surface area contributed by atoms with Crippen molar-refractivity contribution in [3.8, 4) is 11.5 Å². The van der Waals surface area contributed by atoms with Crippen molar-refractivity contribution in [1.29, 1.82) is 0 Å². The van der Waals surface area contributed by atoms with E-state index in [4.69, 9.17) is 9.47 Å². The van der Waals surface area contributed by atoms with Crippen LogP contribution in [0.2, 0.25) is 0 Å². The minimum atomic E-state index is -1.04. The Morgan fingerprint density at radius 1 is 1.25 bits per heavy atom. The van der Waals surface area contributed by atoms with Crippen LogP contribution >= 0.6 is 11.3 Å². The number of nitro benzene ring substituents is 1. The maximum atomic E-state index is 14.1. The van der Waals surface area contributed by atoms with Crippen LogP contribution in [0.4, 0.5) is 14.5 Å². The van der Waals surface area contributed by atoms with Crippen molar-refractivity contribution >= 4 is 27.2 Å². The van der Waals surface area contributed by atoms with Crippen LogP contribution in [0.5, 0.6) is 11.5 Å². The molecule has 0 aliphatic heterocycles. The summed E-state index contributed by atoms with van der Waals surface area (Å²) >= 11 is 1.25. The van der Waals surface area contributed by atoms with Crippen LogP contribution < -0.4 is 9.47 Å². The molecule has 1 heterocycles. The summed E-state index contributed by atoms with van der Waals surface area (Å²) < 4.78 is 38.7. The molecule has 0 radical (unpaired) electrons. The van der Waals surface area contributed by atoms with Gasteiger partial charge in [-0.15, -0.1) is 11.3 Å². The van der Waals surface area contributed by atoms with E-state index in [1.807, 2.05) is 0 Å². The third-order valence-electron chi connectivity index (χ3n) is 3.35. The molecule has 0 bridgehead atoms. The number of thiazole rings is 1. The van der Waals surface area contributed by atoms with Crippen LogP contribution in [0, 0.1) is 21.7 Å². The molecule has 0 N–H and O–H groups in total. The zero-order valence-corrected chi connectivity index (χ0v) is 13.1. The van der Waals surface area contributed by atoms with Crippen molar-refractivity contribution in [3.05, 3.63) is 57.1 Å². The number of hydrogen-bond donors (Lipinski definition) is 0. The van der Waals surface area contributed by atoms with Gasteiger partial charge in [0.05, 0.1) is 33.8 Å². The number of fused-ring (bicyclic) bond motifs is 1. The first-order chi connectivity index (χ1) is 11.5. The fraction of sp³-hybridized carbons (Fsp3) is 0.133. The highest BCUT2D eigenvalue weighted by molar-refractivity contribution is 7.16. The van der Waals surface area contributed by atoms with Crippen molar-refractivity contribution in [3.63, 3.8) is 0 Å². The highest BCUT2D eigenvalue weighted by Crippen LogP contribution is 2.35. The summed E-state index contributed by atoms with van der Waals surface area (Å²) in [6, 6.07) is 4.59. The summed E-state index contributed by atoms with van der Waals surface area (Å²) in [6.07, 6.45) is 0. The zero-order chi connectivity index (χ0) is 17.3. The second-order valence-electron chi connectivity index (χ2n) is 4.73. The minimum absolute atomic E-state index is 0.0185. The van der Waals surface area contributed by atoms with E-state index in [1.165, 1.54) is 24.5 Å². The number of ether oxygens (including phenoxy) is 2. The topological polar surface area (TPSA) is 74.5 Å². The van der Waals surface area contributed by atoms with Crippen LogP contribution in [-0.4, -0.2) is 17.0 Å².